The van der Waals surface area contributed by atoms with Crippen molar-refractivity contribution >= 4 is 5.95 Å². The molecular weight excluding hydrogens is 238 g/mol. The highest BCUT2D eigenvalue weighted by Gasteiger charge is 2.12. The Balaban J connectivity index is 1.81. The second kappa shape index (κ2) is 7.50. The monoisotopic (exact) mass is 265 g/mol. The van der Waals surface area contributed by atoms with Crippen molar-refractivity contribution in [2.45, 2.75) is 26.3 Å². The molecule has 0 unspecified atom stereocenters. The highest BCUT2D eigenvalue weighted by molar-refractivity contribution is 5.29. The molecule has 5 nitrogen and oxygen atoms in total. The summed E-state index contributed by atoms with van der Waals surface area (Å²) in [7, 11) is 2.15. The van der Waals surface area contributed by atoms with Gasteiger partial charge < -0.3 is 14.8 Å². The van der Waals surface area contributed by atoms with Gasteiger partial charge >= 0.3 is 0 Å². The molecule has 0 aliphatic carbocycles. The van der Waals surface area contributed by atoms with Crippen LogP contribution in [-0.4, -0.2) is 60.8 Å². The molecule has 1 aromatic heterocycles. The molecule has 5 heteroatoms. The lowest BCUT2D eigenvalue weighted by molar-refractivity contribution is 0.246. The Bertz CT molecular complexity index is 356. The highest BCUT2D eigenvalue weighted by Crippen LogP contribution is 2.11. The van der Waals surface area contributed by atoms with E-state index in [1.165, 1.54) is 12.8 Å². The summed E-state index contributed by atoms with van der Waals surface area (Å²) in [6.45, 7) is 10.0. The molecule has 2 heterocycles. The van der Waals surface area contributed by atoms with E-state index in [1.807, 2.05) is 6.20 Å². The van der Waals surface area contributed by atoms with Gasteiger partial charge in [0.05, 0.1) is 0 Å². The lowest BCUT2D eigenvalue weighted by Crippen LogP contribution is -2.46. The maximum Gasteiger partial charge on any atom is 0.205 e. The molecule has 1 aliphatic rings. The second-order valence-electron chi connectivity index (χ2n) is 5.29. The van der Waals surface area contributed by atoms with E-state index in [0.717, 1.165) is 51.8 Å². The van der Waals surface area contributed by atoms with E-state index in [-0.39, 0.29) is 0 Å². The molecule has 1 aromatic rings. The number of nitrogens with one attached hydrogen (secondary N) is 1. The molecule has 1 saturated heterocycles. The summed E-state index contributed by atoms with van der Waals surface area (Å²) in [5.74, 6) is 1.10. The summed E-state index contributed by atoms with van der Waals surface area (Å²) in [5, 5.41) is 3.39. The number of rotatable bonds is 7. The third-order valence-electron chi connectivity index (χ3n) is 3.75. The van der Waals surface area contributed by atoms with E-state index in [1.54, 1.807) is 0 Å². The molecule has 0 atom stereocenters. The maximum absolute atomic E-state index is 4.49. The van der Waals surface area contributed by atoms with Crippen LogP contribution in [0.15, 0.2) is 12.4 Å². The Kier molecular flexibility index (Phi) is 5.66. The minimum Gasteiger partial charge on any atom is -0.344 e. The zero-order valence-corrected chi connectivity index (χ0v) is 12.3. The summed E-state index contributed by atoms with van der Waals surface area (Å²) in [6, 6.07) is 0. The van der Waals surface area contributed by atoms with Gasteiger partial charge in [-0.1, -0.05) is 13.3 Å². The largest absolute Gasteiger partial charge is 0.344 e. The molecule has 0 saturated carbocycles. The number of hydrogen-bond acceptors (Lipinski definition) is 4. The van der Waals surface area contributed by atoms with Crippen molar-refractivity contribution in [1.82, 2.24) is 19.8 Å². The third-order valence-corrected chi connectivity index (χ3v) is 3.75. The quantitative estimate of drug-likeness (QED) is 0.799. The van der Waals surface area contributed by atoms with Crippen molar-refractivity contribution in [3.63, 3.8) is 0 Å². The van der Waals surface area contributed by atoms with Gasteiger partial charge in [-0.05, 0) is 6.42 Å². The number of hydrogen-bond donors (Lipinski definition) is 1. The number of piperazine rings is 1. The van der Waals surface area contributed by atoms with Gasteiger partial charge in [0.1, 0.15) is 0 Å². The normalized spacial score (nSPS) is 16.7. The molecule has 1 fully saturated rings. The number of nitrogens with zero attached hydrogens (tertiary/aromatic N) is 4. The van der Waals surface area contributed by atoms with Crippen LogP contribution in [0.3, 0.4) is 0 Å². The summed E-state index contributed by atoms with van der Waals surface area (Å²) in [4.78, 5) is 9.29. The lowest BCUT2D eigenvalue weighted by Gasteiger charge is -2.29. The summed E-state index contributed by atoms with van der Waals surface area (Å²) in [6.07, 6.45) is 6.44. The van der Waals surface area contributed by atoms with Crippen LogP contribution in [0.1, 0.15) is 19.8 Å². The molecular formula is C14H27N5. The molecule has 19 heavy (non-hydrogen) atoms. The number of imidazole rings is 1. The van der Waals surface area contributed by atoms with Gasteiger partial charge in [-0.15, -0.1) is 0 Å². The molecule has 0 aromatic carbocycles. The molecule has 1 aliphatic heterocycles. The first-order valence-corrected chi connectivity index (χ1v) is 7.46. The van der Waals surface area contributed by atoms with Gasteiger partial charge in [0.15, 0.2) is 0 Å². The van der Waals surface area contributed by atoms with E-state index >= 15 is 0 Å². The average molecular weight is 265 g/mol. The predicted octanol–water partition coefficient (Wildman–Crippen LogP) is 1.02. The van der Waals surface area contributed by atoms with Crippen LogP contribution in [0.25, 0.3) is 0 Å². The van der Waals surface area contributed by atoms with E-state index < -0.39 is 0 Å². The van der Waals surface area contributed by atoms with Crippen molar-refractivity contribution in [2.75, 3.05) is 51.2 Å². The fourth-order valence-electron chi connectivity index (χ4n) is 2.47. The summed E-state index contributed by atoms with van der Waals surface area (Å²) in [5.41, 5.74) is 0. The number of aryl methyl sites for hydroxylation is 1. The predicted molar refractivity (Wildman–Crippen MR) is 79.7 cm³/mol. The van der Waals surface area contributed by atoms with Crippen LogP contribution in [-0.2, 0) is 6.54 Å². The Hall–Kier alpha value is -1.07. The van der Waals surface area contributed by atoms with Crippen molar-refractivity contribution < 1.29 is 0 Å². The molecule has 0 amide bonds. The number of aromatic nitrogens is 2. The minimum absolute atomic E-state index is 1.04. The van der Waals surface area contributed by atoms with Crippen molar-refractivity contribution in [2.24, 2.45) is 0 Å². The van der Waals surface area contributed by atoms with Crippen molar-refractivity contribution in [3.05, 3.63) is 12.4 Å². The van der Waals surface area contributed by atoms with Gasteiger partial charge in [-0.25, -0.2) is 4.98 Å². The summed E-state index contributed by atoms with van der Waals surface area (Å²) >= 11 is 0. The lowest BCUT2D eigenvalue weighted by atomic mass is 10.3. The Morgan fingerprint density at radius 1 is 1.32 bits per heavy atom. The smallest absolute Gasteiger partial charge is 0.205 e. The van der Waals surface area contributed by atoms with Crippen LogP contribution >= 0.6 is 0 Å². The Morgan fingerprint density at radius 2 is 2.11 bits per heavy atom. The SMILES string of the molecule is CCCCn1ccnc1N(C)CCN1CCNCC1. The van der Waals surface area contributed by atoms with Crippen LogP contribution in [0.5, 0.6) is 0 Å². The van der Waals surface area contributed by atoms with Crippen molar-refractivity contribution in [1.29, 1.82) is 0 Å². The molecule has 1 N–H and O–H groups in total. The topological polar surface area (TPSA) is 36.3 Å². The summed E-state index contributed by atoms with van der Waals surface area (Å²) < 4.78 is 2.27. The van der Waals surface area contributed by atoms with Gasteiger partial charge in [0, 0.05) is 65.3 Å². The van der Waals surface area contributed by atoms with E-state index in [0.29, 0.717) is 0 Å². The van der Waals surface area contributed by atoms with E-state index in [2.05, 4.69) is 44.8 Å². The minimum atomic E-state index is 1.04. The van der Waals surface area contributed by atoms with Gasteiger partial charge in [-0.3, -0.25) is 4.90 Å². The number of anilines is 1. The Morgan fingerprint density at radius 3 is 2.84 bits per heavy atom. The van der Waals surface area contributed by atoms with Crippen LogP contribution in [0.4, 0.5) is 5.95 Å². The van der Waals surface area contributed by atoms with Gasteiger partial charge in [0.25, 0.3) is 0 Å². The number of unbranched alkanes of at least 4 members (excludes halogenated alkanes) is 1. The van der Waals surface area contributed by atoms with Gasteiger partial charge in [-0.2, -0.15) is 0 Å². The third kappa shape index (κ3) is 4.21. The van der Waals surface area contributed by atoms with E-state index in [9.17, 15) is 0 Å². The Labute approximate surface area is 116 Å². The average Bonchev–Trinajstić information content (AvgIpc) is 2.92. The number of likely N-dealkylation sites (N-methyl/N-ethyl adjacent to an activating group) is 1. The molecule has 0 spiro atoms. The highest BCUT2D eigenvalue weighted by atomic mass is 15.3. The van der Waals surface area contributed by atoms with Crippen LogP contribution in [0.2, 0.25) is 0 Å². The van der Waals surface area contributed by atoms with Gasteiger partial charge in [0.2, 0.25) is 5.95 Å². The molecule has 108 valence electrons. The fourth-order valence-corrected chi connectivity index (χ4v) is 2.47. The molecule has 0 radical (unpaired) electrons. The zero-order valence-electron chi connectivity index (χ0n) is 12.3. The van der Waals surface area contributed by atoms with Crippen LogP contribution in [0, 0.1) is 0 Å². The maximum atomic E-state index is 4.49. The first-order valence-electron chi connectivity index (χ1n) is 7.46. The molecule has 2 rings (SSSR count). The van der Waals surface area contributed by atoms with Crippen molar-refractivity contribution in [3.8, 4) is 0 Å². The second-order valence-corrected chi connectivity index (χ2v) is 5.29. The first-order chi connectivity index (χ1) is 9.31. The fraction of sp³-hybridized carbons (Fsp3) is 0.786. The zero-order chi connectivity index (χ0) is 13.5. The van der Waals surface area contributed by atoms with Crippen LogP contribution < -0.4 is 10.2 Å². The molecule has 0 bridgehead atoms. The first kappa shape index (κ1) is 14.3. The standard InChI is InChI=1S/C14H27N5/c1-3-4-8-19-11-7-16-14(19)17(2)12-13-18-9-5-15-6-10-18/h7,11,15H,3-6,8-10,12-13H2,1-2H3. The van der Waals surface area contributed by atoms with E-state index in [4.69, 9.17) is 0 Å².